The van der Waals surface area contributed by atoms with Crippen molar-refractivity contribution in [2.75, 3.05) is 18.4 Å². The molecule has 2 N–H and O–H groups in total. The molecule has 1 aliphatic rings. The second-order valence-electron chi connectivity index (χ2n) is 7.13. The number of amides is 3. The Labute approximate surface area is 171 Å². The van der Waals surface area contributed by atoms with Crippen LogP contribution in [0.3, 0.4) is 0 Å². The third-order valence-electron chi connectivity index (χ3n) is 5.02. The molecule has 0 bridgehead atoms. The SMILES string of the molecule is CC(NC(=O)Nc1ccc(CCC(=O)N2CCCC2)cc1)c1ccccc1Cl. The van der Waals surface area contributed by atoms with Crippen molar-refractivity contribution in [2.45, 2.75) is 38.6 Å². The summed E-state index contributed by atoms with van der Waals surface area (Å²) < 4.78 is 0. The summed E-state index contributed by atoms with van der Waals surface area (Å²) in [6, 6.07) is 14.6. The van der Waals surface area contributed by atoms with Crippen LogP contribution in [0.1, 0.15) is 43.4 Å². The van der Waals surface area contributed by atoms with Gasteiger partial charge in [0.05, 0.1) is 6.04 Å². The summed E-state index contributed by atoms with van der Waals surface area (Å²) in [7, 11) is 0. The van der Waals surface area contributed by atoms with E-state index in [2.05, 4.69) is 10.6 Å². The molecule has 0 aliphatic carbocycles. The van der Waals surface area contributed by atoms with E-state index in [0.717, 1.165) is 37.1 Å². The standard InChI is InChI=1S/C22H26ClN3O2/c1-16(19-6-2-3-7-20(19)23)24-22(28)25-18-11-8-17(9-12-18)10-13-21(27)26-14-4-5-15-26/h2-3,6-9,11-12,16H,4-5,10,13-15H2,1H3,(H2,24,25,28). The molecule has 3 rings (SSSR count). The van der Waals surface area contributed by atoms with Crippen LogP contribution in [0, 0.1) is 0 Å². The second kappa shape index (κ2) is 9.60. The van der Waals surface area contributed by atoms with Crippen molar-refractivity contribution in [1.82, 2.24) is 10.2 Å². The first-order valence-electron chi connectivity index (χ1n) is 9.71. The number of halogens is 1. The Bertz CT molecular complexity index is 817. The molecule has 2 aromatic rings. The number of carbonyl (C=O) groups excluding carboxylic acids is 2. The summed E-state index contributed by atoms with van der Waals surface area (Å²) >= 11 is 6.17. The highest BCUT2D eigenvalue weighted by molar-refractivity contribution is 6.31. The molecule has 2 aromatic carbocycles. The molecule has 6 heteroatoms. The maximum Gasteiger partial charge on any atom is 0.319 e. The van der Waals surface area contributed by atoms with Crippen molar-refractivity contribution < 1.29 is 9.59 Å². The van der Waals surface area contributed by atoms with Crippen molar-refractivity contribution in [2.24, 2.45) is 0 Å². The molecule has 1 aliphatic heterocycles. The van der Waals surface area contributed by atoms with E-state index in [1.807, 2.05) is 54.3 Å². The summed E-state index contributed by atoms with van der Waals surface area (Å²) in [5.41, 5.74) is 2.67. The zero-order valence-electron chi connectivity index (χ0n) is 16.1. The third kappa shape index (κ3) is 5.49. The van der Waals surface area contributed by atoms with E-state index in [-0.39, 0.29) is 18.0 Å². The van der Waals surface area contributed by atoms with Crippen molar-refractivity contribution in [3.8, 4) is 0 Å². The molecule has 28 heavy (non-hydrogen) atoms. The lowest BCUT2D eigenvalue weighted by Crippen LogP contribution is -2.31. The molecule has 3 amide bonds. The molecule has 148 valence electrons. The Kier molecular flexibility index (Phi) is 6.93. The number of urea groups is 1. The van der Waals surface area contributed by atoms with Gasteiger partial charge in [-0.2, -0.15) is 0 Å². The van der Waals surface area contributed by atoms with E-state index in [1.165, 1.54) is 0 Å². The fourth-order valence-electron chi connectivity index (χ4n) is 3.40. The number of likely N-dealkylation sites (tertiary alicyclic amines) is 1. The normalized spacial score (nSPS) is 14.6. The molecule has 1 saturated heterocycles. The van der Waals surface area contributed by atoms with Crippen molar-refractivity contribution >= 4 is 29.2 Å². The molecule has 0 aromatic heterocycles. The minimum atomic E-state index is -0.288. The van der Waals surface area contributed by atoms with E-state index in [4.69, 9.17) is 11.6 Å². The van der Waals surface area contributed by atoms with Gasteiger partial charge in [-0.25, -0.2) is 4.79 Å². The highest BCUT2D eigenvalue weighted by Gasteiger charge is 2.17. The van der Waals surface area contributed by atoms with E-state index < -0.39 is 0 Å². The number of anilines is 1. The molecular weight excluding hydrogens is 374 g/mol. The number of nitrogens with one attached hydrogen (secondary N) is 2. The van der Waals surface area contributed by atoms with Crippen LogP contribution in [-0.2, 0) is 11.2 Å². The average molecular weight is 400 g/mol. The fourth-order valence-corrected chi connectivity index (χ4v) is 3.70. The number of rotatable bonds is 6. The van der Waals surface area contributed by atoms with E-state index >= 15 is 0 Å². The van der Waals surface area contributed by atoms with Crippen LogP contribution >= 0.6 is 11.6 Å². The topological polar surface area (TPSA) is 61.4 Å². The predicted molar refractivity (Wildman–Crippen MR) is 113 cm³/mol. The largest absolute Gasteiger partial charge is 0.343 e. The highest BCUT2D eigenvalue weighted by atomic mass is 35.5. The number of nitrogens with zero attached hydrogens (tertiary/aromatic N) is 1. The van der Waals surface area contributed by atoms with Crippen molar-refractivity contribution in [1.29, 1.82) is 0 Å². The average Bonchev–Trinajstić information content (AvgIpc) is 3.22. The van der Waals surface area contributed by atoms with E-state index in [0.29, 0.717) is 23.6 Å². The number of carbonyl (C=O) groups is 2. The van der Waals surface area contributed by atoms with Gasteiger partial charge in [0.2, 0.25) is 5.91 Å². The minimum absolute atomic E-state index is 0.204. The smallest absolute Gasteiger partial charge is 0.319 e. The molecule has 1 heterocycles. The second-order valence-corrected chi connectivity index (χ2v) is 7.53. The van der Waals surface area contributed by atoms with Crippen LogP contribution in [-0.4, -0.2) is 29.9 Å². The van der Waals surface area contributed by atoms with Gasteiger partial charge in [-0.05, 0) is 55.5 Å². The zero-order valence-corrected chi connectivity index (χ0v) is 16.8. The lowest BCUT2D eigenvalue weighted by Gasteiger charge is -2.16. The van der Waals surface area contributed by atoms with Gasteiger partial charge >= 0.3 is 6.03 Å². The Balaban J connectivity index is 1.47. The lowest BCUT2D eigenvalue weighted by atomic mass is 10.1. The predicted octanol–water partition coefficient (Wildman–Crippen LogP) is 4.78. The highest BCUT2D eigenvalue weighted by Crippen LogP contribution is 2.22. The molecule has 1 fully saturated rings. The van der Waals surface area contributed by atoms with Crippen LogP contribution in [0.25, 0.3) is 0 Å². The fraction of sp³-hybridized carbons (Fsp3) is 0.364. The van der Waals surface area contributed by atoms with Gasteiger partial charge in [0.15, 0.2) is 0 Å². The number of hydrogen-bond acceptors (Lipinski definition) is 2. The van der Waals surface area contributed by atoms with E-state index in [1.54, 1.807) is 6.07 Å². The molecule has 1 atom stereocenters. The van der Waals surface area contributed by atoms with Gasteiger partial charge in [-0.3, -0.25) is 4.79 Å². The van der Waals surface area contributed by atoms with Crippen LogP contribution in [0.15, 0.2) is 48.5 Å². The Hall–Kier alpha value is -2.53. The van der Waals surface area contributed by atoms with Crippen LogP contribution in [0.2, 0.25) is 5.02 Å². The van der Waals surface area contributed by atoms with Gasteiger partial charge in [0, 0.05) is 30.2 Å². The zero-order chi connectivity index (χ0) is 19.9. The first kappa shape index (κ1) is 20.2. The quantitative estimate of drug-likeness (QED) is 0.734. The van der Waals surface area contributed by atoms with Crippen LogP contribution in [0.5, 0.6) is 0 Å². The van der Waals surface area contributed by atoms with Crippen molar-refractivity contribution in [3.63, 3.8) is 0 Å². The Morgan fingerprint density at radius 3 is 2.43 bits per heavy atom. The molecule has 0 spiro atoms. The number of hydrogen-bond donors (Lipinski definition) is 2. The maximum atomic E-state index is 12.2. The first-order chi connectivity index (χ1) is 13.5. The minimum Gasteiger partial charge on any atom is -0.343 e. The van der Waals surface area contributed by atoms with Gasteiger partial charge in [0.25, 0.3) is 0 Å². The summed E-state index contributed by atoms with van der Waals surface area (Å²) in [6.45, 7) is 3.67. The van der Waals surface area contributed by atoms with Gasteiger partial charge in [0.1, 0.15) is 0 Å². The number of aryl methyl sites for hydroxylation is 1. The molecule has 0 radical (unpaired) electrons. The number of benzene rings is 2. The summed E-state index contributed by atoms with van der Waals surface area (Å²) in [4.78, 5) is 26.3. The summed E-state index contributed by atoms with van der Waals surface area (Å²) in [6.07, 6.45) is 3.47. The monoisotopic (exact) mass is 399 g/mol. The molecular formula is C22H26ClN3O2. The first-order valence-corrected chi connectivity index (χ1v) is 10.1. The molecule has 1 unspecified atom stereocenters. The van der Waals surface area contributed by atoms with Crippen LogP contribution in [0.4, 0.5) is 10.5 Å². The third-order valence-corrected chi connectivity index (χ3v) is 5.36. The molecule has 0 saturated carbocycles. The summed E-state index contributed by atoms with van der Waals surface area (Å²) in [5.74, 6) is 0.229. The molecule has 5 nitrogen and oxygen atoms in total. The van der Waals surface area contributed by atoms with Crippen molar-refractivity contribution in [3.05, 3.63) is 64.7 Å². The van der Waals surface area contributed by atoms with E-state index in [9.17, 15) is 9.59 Å². The Morgan fingerprint density at radius 1 is 1.07 bits per heavy atom. The van der Waals surface area contributed by atoms with Gasteiger partial charge in [-0.1, -0.05) is 41.9 Å². The maximum absolute atomic E-state index is 12.2. The summed E-state index contributed by atoms with van der Waals surface area (Å²) in [5, 5.41) is 6.35. The van der Waals surface area contributed by atoms with Gasteiger partial charge in [-0.15, -0.1) is 0 Å². The lowest BCUT2D eigenvalue weighted by molar-refractivity contribution is -0.130. The Morgan fingerprint density at radius 2 is 1.75 bits per heavy atom. The van der Waals surface area contributed by atoms with Gasteiger partial charge < -0.3 is 15.5 Å². The van der Waals surface area contributed by atoms with Crippen LogP contribution < -0.4 is 10.6 Å².